The summed E-state index contributed by atoms with van der Waals surface area (Å²) in [6.45, 7) is 7.42. The number of benzene rings is 1. The Hall–Kier alpha value is -0.660. The molecule has 0 fully saturated rings. The van der Waals surface area contributed by atoms with E-state index in [1.807, 2.05) is 20.8 Å². The van der Waals surface area contributed by atoms with Crippen LogP contribution in [0.4, 0.5) is 10.1 Å². The molecule has 19 heavy (non-hydrogen) atoms. The number of nitrogens with two attached hydrogens (primary N) is 1. The first-order valence-electron chi connectivity index (χ1n) is 5.72. The standard InChI is InChI=1S/C12H18BrFN2O2S/c1-7(12(2,3)4)16-19(17,18)10-6-8(15)5-9(13)11(10)14/h5-7,16H,15H2,1-4H3. The number of rotatable bonds is 3. The zero-order valence-corrected chi connectivity index (χ0v) is 13.7. The predicted octanol–water partition coefficient (Wildman–Crippen LogP) is 2.88. The van der Waals surface area contributed by atoms with Gasteiger partial charge in [-0.05, 0) is 40.4 Å². The van der Waals surface area contributed by atoms with Crippen LogP contribution in [-0.2, 0) is 10.0 Å². The quantitative estimate of drug-likeness (QED) is 0.821. The molecule has 0 aliphatic carbocycles. The summed E-state index contributed by atoms with van der Waals surface area (Å²) in [5.41, 5.74) is 5.45. The molecule has 0 amide bonds. The average molecular weight is 353 g/mol. The summed E-state index contributed by atoms with van der Waals surface area (Å²) < 4.78 is 40.8. The van der Waals surface area contributed by atoms with Crippen LogP contribution in [0, 0.1) is 11.2 Å². The molecule has 1 aromatic rings. The van der Waals surface area contributed by atoms with E-state index < -0.39 is 20.7 Å². The average Bonchev–Trinajstić information content (AvgIpc) is 2.21. The van der Waals surface area contributed by atoms with Gasteiger partial charge in [-0.3, -0.25) is 0 Å². The van der Waals surface area contributed by atoms with Crippen LogP contribution in [0.1, 0.15) is 27.7 Å². The smallest absolute Gasteiger partial charge is 0.243 e. The highest BCUT2D eigenvalue weighted by Gasteiger charge is 2.28. The Morgan fingerprint density at radius 3 is 2.37 bits per heavy atom. The number of anilines is 1. The maximum absolute atomic E-state index is 13.9. The Bertz CT molecular complexity index is 582. The molecule has 0 radical (unpaired) electrons. The van der Waals surface area contributed by atoms with E-state index in [1.54, 1.807) is 6.92 Å². The minimum Gasteiger partial charge on any atom is -0.399 e. The van der Waals surface area contributed by atoms with Crippen LogP contribution < -0.4 is 10.5 Å². The number of hydrogen-bond acceptors (Lipinski definition) is 3. The van der Waals surface area contributed by atoms with Gasteiger partial charge < -0.3 is 5.73 Å². The van der Waals surface area contributed by atoms with Gasteiger partial charge in [-0.15, -0.1) is 0 Å². The second-order valence-corrected chi connectivity index (χ2v) is 8.06. The van der Waals surface area contributed by atoms with Crippen molar-refractivity contribution in [2.45, 2.75) is 38.6 Å². The largest absolute Gasteiger partial charge is 0.399 e. The van der Waals surface area contributed by atoms with Crippen molar-refractivity contribution in [2.75, 3.05) is 5.73 Å². The highest BCUT2D eigenvalue weighted by Crippen LogP contribution is 2.27. The maximum Gasteiger partial charge on any atom is 0.243 e. The van der Waals surface area contributed by atoms with Crippen molar-refractivity contribution in [1.82, 2.24) is 4.72 Å². The summed E-state index contributed by atoms with van der Waals surface area (Å²) in [4.78, 5) is -0.449. The van der Waals surface area contributed by atoms with Gasteiger partial charge in [0.05, 0.1) is 4.47 Å². The van der Waals surface area contributed by atoms with Gasteiger partial charge >= 0.3 is 0 Å². The molecule has 3 N–H and O–H groups in total. The van der Waals surface area contributed by atoms with E-state index in [1.165, 1.54) is 6.07 Å². The molecule has 7 heteroatoms. The predicted molar refractivity (Wildman–Crippen MR) is 77.8 cm³/mol. The normalized spacial score (nSPS) is 14.4. The molecule has 0 spiro atoms. The van der Waals surface area contributed by atoms with Crippen molar-refractivity contribution in [3.63, 3.8) is 0 Å². The van der Waals surface area contributed by atoms with Crippen LogP contribution in [0.5, 0.6) is 0 Å². The third-order valence-electron chi connectivity index (χ3n) is 2.94. The monoisotopic (exact) mass is 352 g/mol. The van der Waals surface area contributed by atoms with E-state index in [4.69, 9.17) is 5.73 Å². The molecule has 0 aliphatic heterocycles. The first-order valence-corrected chi connectivity index (χ1v) is 7.99. The van der Waals surface area contributed by atoms with Crippen molar-refractivity contribution in [2.24, 2.45) is 5.41 Å². The minimum atomic E-state index is -3.95. The number of sulfonamides is 1. The molecule has 108 valence electrons. The number of nitrogen functional groups attached to an aromatic ring is 1. The Balaban J connectivity index is 3.22. The fraction of sp³-hybridized carbons (Fsp3) is 0.500. The van der Waals surface area contributed by atoms with Crippen molar-refractivity contribution in [1.29, 1.82) is 0 Å². The van der Waals surface area contributed by atoms with E-state index in [-0.39, 0.29) is 21.6 Å². The number of halogens is 2. The zero-order chi connectivity index (χ0) is 15.0. The first-order chi connectivity index (χ1) is 8.45. The lowest BCUT2D eigenvalue weighted by Gasteiger charge is -2.27. The second-order valence-electron chi connectivity index (χ2n) is 5.52. The maximum atomic E-state index is 13.9. The molecule has 1 atom stereocenters. The topological polar surface area (TPSA) is 72.2 Å². The van der Waals surface area contributed by atoms with Crippen LogP contribution in [-0.4, -0.2) is 14.5 Å². The molecule has 0 aliphatic rings. The lowest BCUT2D eigenvalue weighted by Crippen LogP contribution is -2.41. The molecule has 4 nitrogen and oxygen atoms in total. The number of nitrogens with one attached hydrogen (secondary N) is 1. The first kappa shape index (κ1) is 16.4. The summed E-state index contributed by atoms with van der Waals surface area (Å²) in [7, 11) is -3.95. The fourth-order valence-corrected chi connectivity index (χ4v) is 3.44. The van der Waals surface area contributed by atoms with Gasteiger partial charge in [0.25, 0.3) is 0 Å². The van der Waals surface area contributed by atoms with Crippen molar-refractivity contribution < 1.29 is 12.8 Å². The molecule has 1 aromatic carbocycles. The molecule has 0 saturated heterocycles. The van der Waals surface area contributed by atoms with Crippen LogP contribution in [0.25, 0.3) is 0 Å². The second kappa shape index (κ2) is 5.38. The van der Waals surface area contributed by atoms with Crippen molar-refractivity contribution >= 4 is 31.6 Å². The van der Waals surface area contributed by atoms with Gasteiger partial charge in [-0.1, -0.05) is 20.8 Å². The fourth-order valence-electron chi connectivity index (χ4n) is 1.25. The SMILES string of the molecule is CC(NS(=O)(=O)c1cc(N)cc(Br)c1F)C(C)(C)C. The van der Waals surface area contributed by atoms with E-state index in [0.29, 0.717) is 0 Å². The molecule has 1 rings (SSSR count). The van der Waals surface area contributed by atoms with Crippen LogP contribution in [0.15, 0.2) is 21.5 Å². The molecular weight excluding hydrogens is 335 g/mol. The highest BCUT2D eigenvalue weighted by atomic mass is 79.9. The number of hydrogen-bond donors (Lipinski definition) is 2. The third-order valence-corrected chi connectivity index (χ3v) is 5.05. The minimum absolute atomic E-state index is 0.0243. The van der Waals surface area contributed by atoms with Gasteiger partial charge in [0.2, 0.25) is 10.0 Å². The van der Waals surface area contributed by atoms with Gasteiger partial charge in [0.15, 0.2) is 5.82 Å². The Labute approximate surface area is 121 Å². The third kappa shape index (κ3) is 3.90. The Kier molecular flexibility index (Phi) is 4.64. The van der Waals surface area contributed by atoms with E-state index in [2.05, 4.69) is 20.7 Å². The van der Waals surface area contributed by atoms with Gasteiger partial charge in [0.1, 0.15) is 4.90 Å². The zero-order valence-electron chi connectivity index (χ0n) is 11.3. The Morgan fingerprint density at radius 2 is 1.89 bits per heavy atom. The summed E-state index contributed by atoms with van der Waals surface area (Å²) in [5, 5.41) is 0. The van der Waals surface area contributed by atoms with Crippen molar-refractivity contribution in [3.05, 3.63) is 22.4 Å². The molecule has 1 unspecified atom stereocenters. The lowest BCUT2D eigenvalue weighted by atomic mass is 9.89. The summed E-state index contributed by atoms with van der Waals surface area (Å²) in [6, 6.07) is 2.08. The molecule has 0 saturated carbocycles. The molecular formula is C12H18BrFN2O2S. The molecule has 0 heterocycles. The highest BCUT2D eigenvalue weighted by molar-refractivity contribution is 9.10. The van der Waals surface area contributed by atoms with Crippen molar-refractivity contribution in [3.8, 4) is 0 Å². The summed E-state index contributed by atoms with van der Waals surface area (Å²) >= 11 is 2.95. The van der Waals surface area contributed by atoms with E-state index >= 15 is 0 Å². The van der Waals surface area contributed by atoms with Gasteiger partial charge in [0, 0.05) is 11.7 Å². The summed E-state index contributed by atoms with van der Waals surface area (Å²) in [5.74, 6) is -0.845. The van der Waals surface area contributed by atoms with Crippen LogP contribution in [0.2, 0.25) is 0 Å². The van der Waals surface area contributed by atoms with Gasteiger partial charge in [-0.25, -0.2) is 17.5 Å². The Morgan fingerprint density at radius 1 is 1.37 bits per heavy atom. The van der Waals surface area contributed by atoms with E-state index in [9.17, 15) is 12.8 Å². The van der Waals surface area contributed by atoms with Crippen LogP contribution >= 0.6 is 15.9 Å². The molecule has 0 aromatic heterocycles. The molecule has 0 bridgehead atoms. The van der Waals surface area contributed by atoms with Gasteiger partial charge in [-0.2, -0.15) is 0 Å². The lowest BCUT2D eigenvalue weighted by molar-refractivity contribution is 0.317. The van der Waals surface area contributed by atoms with Crippen LogP contribution in [0.3, 0.4) is 0 Å². The van der Waals surface area contributed by atoms with E-state index in [0.717, 1.165) is 6.07 Å². The summed E-state index contributed by atoms with van der Waals surface area (Å²) in [6.07, 6.45) is 0.